The van der Waals surface area contributed by atoms with E-state index in [0.29, 0.717) is 0 Å². The second-order valence-electron chi connectivity index (χ2n) is 3.59. The van der Waals surface area contributed by atoms with Crippen molar-refractivity contribution in [2.75, 3.05) is 0 Å². The fourth-order valence-corrected chi connectivity index (χ4v) is 1.87. The lowest BCUT2D eigenvalue weighted by Gasteiger charge is -2.15. The minimum absolute atomic E-state index is 1.21. The van der Waals surface area contributed by atoms with Gasteiger partial charge < -0.3 is 0 Å². The molecule has 0 unspecified atom stereocenters. The number of hydrogen-bond donors (Lipinski definition) is 0. The highest BCUT2D eigenvalue weighted by molar-refractivity contribution is 5.68. The highest BCUT2D eigenvalue weighted by Crippen LogP contribution is 2.26. The SMILES string of the molecule is CC1=CCCc2cc(C)ccc21. The molecule has 0 N–H and O–H groups in total. The molecule has 0 nitrogen and oxygen atoms in total. The van der Waals surface area contributed by atoms with E-state index in [1.54, 1.807) is 0 Å². The number of hydrogen-bond acceptors (Lipinski definition) is 0. The van der Waals surface area contributed by atoms with Gasteiger partial charge in [0.2, 0.25) is 0 Å². The molecule has 1 aliphatic rings. The lowest BCUT2D eigenvalue weighted by Crippen LogP contribution is -1.97. The molecule has 0 heterocycles. The van der Waals surface area contributed by atoms with Crippen LogP contribution in [0.25, 0.3) is 5.57 Å². The Balaban J connectivity index is 2.56. The van der Waals surface area contributed by atoms with Gasteiger partial charge in [0, 0.05) is 0 Å². The molecule has 2 rings (SSSR count). The van der Waals surface area contributed by atoms with Crippen molar-refractivity contribution in [3.8, 4) is 0 Å². The van der Waals surface area contributed by atoms with E-state index in [2.05, 4.69) is 38.1 Å². The number of fused-ring (bicyclic) bond motifs is 1. The van der Waals surface area contributed by atoms with Crippen LogP contribution in [0.5, 0.6) is 0 Å². The van der Waals surface area contributed by atoms with Crippen LogP contribution in [0.2, 0.25) is 0 Å². The third kappa shape index (κ3) is 1.18. The Kier molecular flexibility index (Phi) is 1.76. The second-order valence-corrected chi connectivity index (χ2v) is 3.59. The van der Waals surface area contributed by atoms with Crippen LogP contribution in [0.3, 0.4) is 0 Å². The Morgan fingerprint density at radius 3 is 2.83 bits per heavy atom. The van der Waals surface area contributed by atoms with E-state index in [-0.39, 0.29) is 0 Å². The van der Waals surface area contributed by atoms with E-state index >= 15 is 0 Å². The van der Waals surface area contributed by atoms with Crippen molar-refractivity contribution in [1.29, 1.82) is 0 Å². The molecule has 12 heavy (non-hydrogen) atoms. The van der Waals surface area contributed by atoms with E-state index in [9.17, 15) is 0 Å². The maximum Gasteiger partial charge on any atom is -0.0198 e. The van der Waals surface area contributed by atoms with Gasteiger partial charge in [-0.25, -0.2) is 0 Å². The van der Waals surface area contributed by atoms with Gasteiger partial charge in [-0.3, -0.25) is 0 Å². The van der Waals surface area contributed by atoms with Crippen molar-refractivity contribution in [3.63, 3.8) is 0 Å². The molecule has 0 aromatic heterocycles. The van der Waals surface area contributed by atoms with Gasteiger partial charge in [-0.1, -0.05) is 29.8 Å². The Hall–Kier alpha value is -1.04. The minimum atomic E-state index is 1.21. The smallest absolute Gasteiger partial charge is 0.0198 e. The van der Waals surface area contributed by atoms with E-state index < -0.39 is 0 Å². The van der Waals surface area contributed by atoms with Gasteiger partial charge in [-0.05, 0) is 43.4 Å². The molecule has 1 aromatic carbocycles. The van der Waals surface area contributed by atoms with Gasteiger partial charge in [-0.2, -0.15) is 0 Å². The molecule has 0 saturated carbocycles. The molecule has 0 fully saturated rings. The average molecular weight is 158 g/mol. The summed E-state index contributed by atoms with van der Waals surface area (Å²) in [5.74, 6) is 0. The zero-order valence-corrected chi connectivity index (χ0v) is 7.72. The Labute approximate surface area is 73.9 Å². The van der Waals surface area contributed by atoms with Crippen LogP contribution < -0.4 is 0 Å². The summed E-state index contributed by atoms with van der Waals surface area (Å²) < 4.78 is 0. The molecule has 0 spiro atoms. The van der Waals surface area contributed by atoms with Crippen LogP contribution >= 0.6 is 0 Å². The first kappa shape index (κ1) is 7.60. The summed E-state index contributed by atoms with van der Waals surface area (Å²) in [4.78, 5) is 0. The molecule has 0 heteroatoms. The first-order valence-electron chi connectivity index (χ1n) is 4.54. The van der Waals surface area contributed by atoms with Gasteiger partial charge in [0.05, 0.1) is 0 Å². The van der Waals surface area contributed by atoms with Gasteiger partial charge in [0.1, 0.15) is 0 Å². The van der Waals surface area contributed by atoms with E-state index in [0.717, 1.165) is 0 Å². The normalized spacial score (nSPS) is 15.3. The van der Waals surface area contributed by atoms with E-state index in [1.165, 1.54) is 35.1 Å². The van der Waals surface area contributed by atoms with Crippen molar-refractivity contribution in [2.45, 2.75) is 26.7 Å². The molecular formula is C12H14. The fraction of sp³-hybridized carbons (Fsp3) is 0.333. The largest absolute Gasteiger partial charge is 0.0807 e. The molecule has 62 valence electrons. The zero-order chi connectivity index (χ0) is 8.55. The zero-order valence-electron chi connectivity index (χ0n) is 7.72. The first-order valence-corrected chi connectivity index (χ1v) is 4.54. The van der Waals surface area contributed by atoms with Crippen LogP contribution in [0.15, 0.2) is 24.3 Å². The molecular weight excluding hydrogens is 144 g/mol. The summed E-state index contributed by atoms with van der Waals surface area (Å²) in [7, 11) is 0. The van der Waals surface area contributed by atoms with Crippen LogP contribution in [0.4, 0.5) is 0 Å². The number of rotatable bonds is 0. The molecule has 0 saturated heterocycles. The predicted octanol–water partition coefficient (Wildman–Crippen LogP) is 3.34. The topological polar surface area (TPSA) is 0 Å². The maximum atomic E-state index is 2.33. The summed E-state index contributed by atoms with van der Waals surface area (Å²) in [6.45, 7) is 4.36. The Morgan fingerprint density at radius 1 is 1.17 bits per heavy atom. The molecule has 0 radical (unpaired) electrons. The van der Waals surface area contributed by atoms with Gasteiger partial charge in [0.15, 0.2) is 0 Å². The highest BCUT2D eigenvalue weighted by Gasteiger charge is 2.07. The lowest BCUT2D eigenvalue weighted by molar-refractivity contribution is 0.972. The number of aryl methyl sites for hydroxylation is 2. The highest BCUT2D eigenvalue weighted by atomic mass is 14.1. The Bertz CT molecular complexity index is 332. The summed E-state index contributed by atoms with van der Waals surface area (Å²) in [5, 5.41) is 0. The average Bonchev–Trinajstić information content (AvgIpc) is 2.04. The Morgan fingerprint density at radius 2 is 2.00 bits per heavy atom. The molecule has 1 aromatic rings. The standard InChI is InChI=1S/C12H14/c1-9-6-7-12-10(2)4-3-5-11(12)8-9/h4,6-8H,3,5H2,1-2H3. The van der Waals surface area contributed by atoms with Gasteiger partial charge in [0.25, 0.3) is 0 Å². The van der Waals surface area contributed by atoms with Crippen molar-refractivity contribution >= 4 is 5.57 Å². The minimum Gasteiger partial charge on any atom is -0.0807 e. The lowest BCUT2D eigenvalue weighted by atomic mass is 9.91. The van der Waals surface area contributed by atoms with Crippen LogP contribution in [0.1, 0.15) is 30.0 Å². The molecule has 0 aliphatic heterocycles. The quantitative estimate of drug-likeness (QED) is 0.543. The molecule has 0 atom stereocenters. The van der Waals surface area contributed by atoms with Crippen LogP contribution in [-0.2, 0) is 6.42 Å². The van der Waals surface area contributed by atoms with Crippen LogP contribution in [0, 0.1) is 6.92 Å². The van der Waals surface area contributed by atoms with Crippen molar-refractivity contribution in [2.24, 2.45) is 0 Å². The third-order valence-corrected chi connectivity index (χ3v) is 2.55. The van der Waals surface area contributed by atoms with Gasteiger partial charge >= 0.3 is 0 Å². The molecule has 0 amide bonds. The third-order valence-electron chi connectivity index (χ3n) is 2.55. The number of benzene rings is 1. The van der Waals surface area contributed by atoms with Crippen molar-refractivity contribution in [1.82, 2.24) is 0 Å². The fourth-order valence-electron chi connectivity index (χ4n) is 1.87. The summed E-state index contributed by atoms with van der Waals surface area (Å²) in [6, 6.07) is 6.75. The maximum absolute atomic E-state index is 2.33. The van der Waals surface area contributed by atoms with Gasteiger partial charge in [-0.15, -0.1) is 0 Å². The summed E-state index contributed by atoms with van der Waals surface area (Å²) in [6.07, 6.45) is 4.76. The van der Waals surface area contributed by atoms with Crippen LogP contribution in [-0.4, -0.2) is 0 Å². The van der Waals surface area contributed by atoms with E-state index in [1.807, 2.05) is 0 Å². The first-order chi connectivity index (χ1) is 5.77. The number of allylic oxidation sites excluding steroid dienone is 2. The van der Waals surface area contributed by atoms with Crippen molar-refractivity contribution < 1.29 is 0 Å². The monoisotopic (exact) mass is 158 g/mol. The predicted molar refractivity (Wildman–Crippen MR) is 53.2 cm³/mol. The second kappa shape index (κ2) is 2.78. The summed E-state index contributed by atoms with van der Waals surface area (Å²) in [5.41, 5.74) is 5.79. The van der Waals surface area contributed by atoms with E-state index in [4.69, 9.17) is 0 Å². The molecule has 0 bridgehead atoms. The molecule has 1 aliphatic carbocycles. The summed E-state index contributed by atoms with van der Waals surface area (Å²) >= 11 is 0. The van der Waals surface area contributed by atoms with Crippen molar-refractivity contribution in [3.05, 3.63) is 41.0 Å².